The molecule has 2 aromatic carbocycles. The van der Waals surface area contributed by atoms with E-state index in [0.717, 1.165) is 21.5 Å². The Kier molecular flexibility index (Phi) is 5.53. The number of carbonyl (C=O) groups is 2. The Balaban J connectivity index is 1.51. The number of rotatable bonds is 6. The number of hydrogen-bond donors (Lipinski definition) is 2. The van der Waals surface area contributed by atoms with Gasteiger partial charge in [-0.05, 0) is 48.5 Å². The van der Waals surface area contributed by atoms with E-state index in [1.807, 2.05) is 0 Å². The SMILES string of the molecule is COc1ccc(NC(=O)c2ncn3c(=O)c4c(C(=O)Nc5ccc(OC)cc5)ncn4c(=O)c23)cc1. The van der Waals surface area contributed by atoms with E-state index in [2.05, 4.69) is 20.6 Å². The molecule has 0 aliphatic rings. The van der Waals surface area contributed by atoms with Gasteiger partial charge in [0.05, 0.1) is 14.2 Å². The predicted octanol–water partition coefficient (Wildman–Crippen LogP) is 1.66. The van der Waals surface area contributed by atoms with Crippen LogP contribution in [-0.2, 0) is 0 Å². The van der Waals surface area contributed by atoms with Crippen LogP contribution >= 0.6 is 0 Å². The molecule has 5 aromatic rings. The summed E-state index contributed by atoms with van der Waals surface area (Å²) in [6.07, 6.45) is 2.14. The second-order valence-electron chi connectivity index (χ2n) is 7.60. The number of nitrogens with zero attached hydrogens (tertiary/aromatic N) is 4. The van der Waals surface area contributed by atoms with Crippen LogP contribution in [0.3, 0.4) is 0 Å². The zero-order chi connectivity index (χ0) is 25.4. The molecule has 0 radical (unpaired) electrons. The van der Waals surface area contributed by atoms with Crippen molar-refractivity contribution in [3.8, 4) is 11.5 Å². The van der Waals surface area contributed by atoms with Crippen LogP contribution in [0.15, 0.2) is 70.8 Å². The Morgan fingerprint density at radius 2 is 1.03 bits per heavy atom. The van der Waals surface area contributed by atoms with E-state index in [4.69, 9.17) is 9.47 Å². The van der Waals surface area contributed by atoms with E-state index in [1.165, 1.54) is 14.2 Å². The zero-order valence-electron chi connectivity index (χ0n) is 19.0. The predicted molar refractivity (Wildman–Crippen MR) is 130 cm³/mol. The molecule has 12 heteroatoms. The first-order chi connectivity index (χ1) is 17.4. The van der Waals surface area contributed by atoms with E-state index in [0.29, 0.717) is 22.9 Å². The summed E-state index contributed by atoms with van der Waals surface area (Å²) in [6.45, 7) is 0. The average molecular weight is 486 g/mol. The number of nitrogens with one attached hydrogen (secondary N) is 2. The molecular formula is C24H18N6O6. The van der Waals surface area contributed by atoms with Crippen LogP contribution in [0.2, 0.25) is 0 Å². The molecule has 12 nitrogen and oxygen atoms in total. The van der Waals surface area contributed by atoms with Gasteiger partial charge >= 0.3 is 0 Å². The molecule has 0 bridgehead atoms. The number of aromatic nitrogens is 4. The number of carbonyl (C=O) groups excluding carboxylic acids is 2. The Bertz CT molecular complexity index is 1590. The number of imidazole rings is 2. The lowest BCUT2D eigenvalue weighted by atomic mass is 10.2. The summed E-state index contributed by atoms with van der Waals surface area (Å²) in [5.74, 6) is -0.160. The Morgan fingerprint density at radius 1 is 0.667 bits per heavy atom. The van der Waals surface area contributed by atoms with Crippen LogP contribution in [0, 0.1) is 0 Å². The largest absolute Gasteiger partial charge is 0.497 e. The van der Waals surface area contributed by atoms with Gasteiger partial charge in [-0.3, -0.25) is 28.0 Å². The van der Waals surface area contributed by atoms with E-state index in [1.54, 1.807) is 48.5 Å². The van der Waals surface area contributed by atoms with Gasteiger partial charge in [0.25, 0.3) is 22.9 Å². The second kappa shape index (κ2) is 8.83. The molecule has 0 saturated carbocycles. The third-order valence-electron chi connectivity index (χ3n) is 5.50. The molecule has 2 amide bonds. The van der Waals surface area contributed by atoms with Crippen LogP contribution < -0.4 is 31.2 Å². The van der Waals surface area contributed by atoms with Crippen LogP contribution in [0.25, 0.3) is 11.0 Å². The molecule has 0 aliphatic carbocycles. The van der Waals surface area contributed by atoms with Crippen molar-refractivity contribution in [3.63, 3.8) is 0 Å². The maximum absolute atomic E-state index is 13.2. The first kappa shape index (κ1) is 22.5. The maximum Gasteiger partial charge on any atom is 0.283 e. The number of ether oxygens (including phenoxy) is 2. The number of methoxy groups -OCH3 is 2. The molecule has 0 atom stereocenters. The van der Waals surface area contributed by atoms with Gasteiger partial charge in [0.15, 0.2) is 11.4 Å². The summed E-state index contributed by atoms with van der Waals surface area (Å²) in [4.78, 5) is 60.1. The maximum atomic E-state index is 13.2. The van der Waals surface area contributed by atoms with Crippen molar-refractivity contribution in [3.05, 3.63) is 93.3 Å². The number of hydrogen-bond acceptors (Lipinski definition) is 8. The first-order valence-corrected chi connectivity index (χ1v) is 10.6. The van der Waals surface area contributed by atoms with E-state index < -0.39 is 22.9 Å². The van der Waals surface area contributed by atoms with Crippen molar-refractivity contribution in [2.24, 2.45) is 0 Å². The third-order valence-corrected chi connectivity index (χ3v) is 5.50. The topological polar surface area (TPSA) is 145 Å². The molecule has 36 heavy (non-hydrogen) atoms. The molecule has 3 aromatic heterocycles. The Morgan fingerprint density at radius 3 is 1.36 bits per heavy atom. The summed E-state index contributed by atoms with van der Waals surface area (Å²) >= 11 is 0. The van der Waals surface area contributed by atoms with Gasteiger partial charge in [0.2, 0.25) is 0 Å². The molecule has 0 spiro atoms. The van der Waals surface area contributed by atoms with Gasteiger partial charge in [0.1, 0.15) is 35.2 Å². The Labute approximate surface area is 202 Å². The van der Waals surface area contributed by atoms with Crippen LogP contribution in [-0.4, -0.2) is 44.8 Å². The summed E-state index contributed by atoms with van der Waals surface area (Å²) in [5.41, 5.74) is -1.52. The number of amides is 2. The first-order valence-electron chi connectivity index (χ1n) is 10.6. The lowest BCUT2D eigenvalue weighted by molar-refractivity contribution is 0.101. The zero-order valence-corrected chi connectivity index (χ0v) is 19.0. The molecular weight excluding hydrogens is 468 g/mol. The summed E-state index contributed by atoms with van der Waals surface area (Å²) in [6, 6.07) is 13.1. The minimum atomic E-state index is -0.724. The van der Waals surface area contributed by atoms with Crippen LogP contribution in [0.5, 0.6) is 11.5 Å². The van der Waals surface area contributed by atoms with Crippen molar-refractivity contribution in [1.29, 1.82) is 0 Å². The molecule has 180 valence electrons. The molecule has 5 rings (SSSR count). The van der Waals surface area contributed by atoms with Crippen molar-refractivity contribution in [1.82, 2.24) is 18.8 Å². The fraction of sp³-hybridized carbons (Fsp3) is 0.0833. The monoisotopic (exact) mass is 486 g/mol. The van der Waals surface area contributed by atoms with Gasteiger partial charge in [-0.15, -0.1) is 0 Å². The van der Waals surface area contributed by atoms with E-state index >= 15 is 0 Å². The molecule has 0 unspecified atom stereocenters. The van der Waals surface area contributed by atoms with Gasteiger partial charge in [-0.2, -0.15) is 0 Å². The lowest BCUT2D eigenvalue weighted by Crippen LogP contribution is -2.28. The molecule has 3 heterocycles. The highest BCUT2D eigenvalue weighted by Gasteiger charge is 2.25. The van der Waals surface area contributed by atoms with Crippen molar-refractivity contribution in [2.45, 2.75) is 0 Å². The van der Waals surface area contributed by atoms with Gasteiger partial charge in [-0.25, -0.2) is 9.97 Å². The van der Waals surface area contributed by atoms with Crippen LogP contribution in [0.1, 0.15) is 21.0 Å². The second-order valence-corrected chi connectivity index (χ2v) is 7.60. The van der Waals surface area contributed by atoms with Crippen LogP contribution in [0.4, 0.5) is 11.4 Å². The smallest absolute Gasteiger partial charge is 0.283 e. The highest BCUT2D eigenvalue weighted by molar-refractivity contribution is 6.09. The van der Waals surface area contributed by atoms with Gasteiger partial charge in [-0.1, -0.05) is 0 Å². The molecule has 2 N–H and O–H groups in total. The summed E-state index contributed by atoms with van der Waals surface area (Å²) < 4.78 is 12.1. The summed E-state index contributed by atoms with van der Waals surface area (Å²) in [5, 5.41) is 5.26. The van der Waals surface area contributed by atoms with Crippen molar-refractivity contribution in [2.75, 3.05) is 24.9 Å². The fourth-order valence-electron chi connectivity index (χ4n) is 3.70. The van der Waals surface area contributed by atoms with E-state index in [9.17, 15) is 19.2 Å². The normalized spacial score (nSPS) is 10.9. The average Bonchev–Trinajstić information content (AvgIpc) is 3.54. The quantitative estimate of drug-likeness (QED) is 0.369. The lowest BCUT2D eigenvalue weighted by Gasteiger charge is -2.06. The number of fused-ring (bicyclic) bond motifs is 2. The fourth-order valence-corrected chi connectivity index (χ4v) is 3.70. The third kappa shape index (κ3) is 3.76. The highest BCUT2D eigenvalue weighted by Crippen LogP contribution is 2.18. The number of anilines is 2. The molecule has 0 saturated heterocycles. The Hall–Kier alpha value is -5.26. The van der Waals surface area contributed by atoms with Crippen molar-refractivity contribution >= 4 is 34.2 Å². The van der Waals surface area contributed by atoms with Gasteiger partial charge in [0, 0.05) is 11.4 Å². The van der Waals surface area contributed by atoms with Gasteiger partial charge < -0.3 is 20.1 Å². The minimum absolute atomic E-state index is 0.238. The molecule has 0 fully saturated rings. The number of benzene rings is 2. The summed E-state index contributed by atoms with van der Waals surface area (Å²) in [7, 11) is 3.04. The standard InChI is InChI=1S/C24H18N6O6/c1-35-15-7-3-13(4-8-15)27-21(31)17-19-23(33)30-12-26-18(20(30)24(34)29(19)11-25-17)22(32)28-14-5-9-16(36-2)10-6-14/h3-12H,1-2H3,(H,27,31)(H,28,32). The molecule has 0 aliphatic heterocycles. The van der Waals surface area contributed by atoms with Crippen molar-refractivity contribution < 1.29 is 19.1 Å². The minimum Gasteiger partial charge on any atom is -0.497 e. The van der Waals surface area contributed by atoms with E-state index in [-0.39, 0.29) is 22.4 Å². The highest BCUT2D eigenvalue weighted by atomic mass is 16.5.